The molecule has 0 aliphatic carbocycles. The van der Waals surface area contributed by atoms with Gasteiger partial charge in [-0.25, -0.2) is 4.98 Å². The van der Waals surface area contributed by atoms with E-state index in [9.17, 15) is 4.79 Å². The maximum Gasteiger partial charge on any atom is 0.260 e. The number of thiazole rings is 1. The van der Waals surface area contributed by atoms with Gasteiger partial charge in [0.1, 0.15) is 11.5 Å². The van der Waals surface area contributed by atoms with Crippen LogP contribution in [-0.2, 0) is 6.54 Å². The Labute approximate surface area is 197 Å². The van der Waals surface area contributed by atoms with Crippen molar-refractivity contribution in [2.45, 2.75) is 32.7 Å². The fraction of sp³-hybridized carbons (Fsp3) is 0.269. The minimum absolute atomic E-state index is 0.135. The van der Waals surface area contributed by atoms with E-state index in [1.54, 1.807) is 30.3 Å². The summed E-state index contributed by atoms with van der Waals surface area (Å²) in [6.45, 7) is 3.17. The number of nitrogens with zero attached hydrogens (tertiary/aromatic N) is 3. The van der Waals surface area contributed by atoms with Crippen LogP contribution in [0, 0.1) is 0 Å². The van der Waals surface area contributed by atoms with Crippen molar-refractivity contribution in [1.82, 2.24) is 9.97 Å². The van der Waals surface area contributed by atoms with Gasteiger partial charge in [-0.15, -0.1) is 0 Å². The van der Waals surface area contributed by atoms with Crippen molar-refractivity contribution in [3.63, 3.8) is 0 Å². The molecule has 0 spiro atoms. The number of carbonyl (C=O) groups excluding carboxylic acids is 1. The maximum atomic E-state index is 13.6. The molecule has 0 radical (unpaired) electrons. The molecule has 2 aromatic heterocycles. The molecule has 0 saturated carbocycles. The molecule has 0 saturated heterocycles. The molecule has 6 nitrogen and oxygen atoms in total. The molecule has 0 aliphatic rings. The molecule has 4 aromatic rings. The van der Waals surface area contributed by atoms with Crippen LogP contribution in [0.5, 0.6) is 11.5 Å². The van der Waals surface area contributed by atoms with Crippen molar-refractivity contribution in [3.8, 4) is 11.5 Å². The predicted molar refractivity (Wildman–Crippen MR) is 132 cm³/mol. The highest BCUT2D eigenvalue weighted by Gasteiger charge is 2.22. The predicted octanol–water partition coefficient (Wildman–Crippen LogP) is 6.12. The molecular formula is C26H27N3O3S. The van der Waals surface area contributed by atoms with Gasteiger partial charge in [-0.3, -0.25) is 14.7 Å². The third-order valence-corrected chi connectivity index (χ3v) is 6.28. The Morgan fingerprint density at radius 3 is 2.58 bits per heavy atom. The SMILES string of the molecule is CCCCCOc1ccc(C(=O)N(Cc2ccccn2)c2nc3cc(OC)ccc3s2)cc1. The van der Waals surface area contributed by atoms with Crippen LogP contribution >= 0.6 is 11.3 Å². The molecular weight excluding hydrogens is 434 g/mol. The number of fused-ring (bicyclic) bond motifs is 1. The number of aromatic nitrogens is 2. The Bertz CT molecular complexity index is 1190. The van der Waals surface area contributed by atoms with Crippen molar-refractivity contribution < 1.29 is 14.3 Å². The zero-order chi connectivity index (χ0) is 23.0. The number of hydrogen-bond donors (Lipinski definition) is 0. The molecule has 2 aromatic carbocycles. The summed E-state index contributed by atoms with van der Waals surface area (Å²) in [4.78, 5) is 24.4. The summed E-state index contributed by atoms with van der Waals surface area (Å²) < 4.78 is 12.1. The number of rotatable bonds is 10. The van der Waals surface area contributed by atoms with E-state index in [4.69, 9.17) is 14.5 Å². The molecule has 170 valence electrons. The fourth-order valence-electron chi connectivity index (χ4n) is 3.41. The smallest absolute Gasteiger partial charge is 0.260 e. The normalized spacial score (nSPS) is 10.8. The Balaban J connectivity index is 1.60. The third kappa shape index (κ3) is 5.68. The number of ether oxygens (including phenoxy) is 2. The van der Waals surface area contributed by atoms with E-state index in [1.807, 2.05) is 48.5 Å². The Hall–Kier alpha value is -3.45. The van der Waals surface area contributed by atoms with Crippen LogP contribution in [-0.4, -0.2) is 29.6 Å². The molecule has 0 bridgehead atoms. The molecule has 0 unspecified atom stereocenters. The van der Waals surface area contributed by atoms with Crippen molar-refractivity contribution in [2.24, 2.45) is 0 Å². The number of methoxy groups -OCH3 is 1. The van der Waals surface area contributed by atoms with E-state index >= 15 is 0 Å². The number of pyridine rings is 1. The first-order chi connectivity index (χ1) is 16.2. The van der Waals surface area contributed by atoms with Gasteiger partial charge in [0, 0.05) is 17.8 Å². The number of unbranched alkanes of at least 4 members (excludes halogenated alkanes) is 2. The second-order valence-corrected chi connectivity index (χ2v) is 8.63. The highest BCUT2D eigenvalue weighted by atomic mass is 32.1. The van der Waals surface area contributed by atoms with Gasteiger partial charge in [-0.1, -0.05) is 37.2 Å². The lowest BCUT2D eigenvalue weighted by Gasteiger charge is -2.20. The van der Waals surface area contributed by atoms with Crippen LogP contribution in [0.15, 0.2) is 66.9 Å². The third-order valence-electron chi connectivity index (χ3n) is 5.22. The van der Waals surface area contributed by atoms with Gasteiger partial charge < -0.3 is 9.47 Å². The van der Waals surface area contributed by atoms with Crippen molar-refractivity contribution in [1.29, 1.82) is 0 Å². The Morgan fingerprint density at radius 2 is 1.85 bits per heavy atom. The highest BCUT2D eigenvalue weighted by molar-refractivity contribution is 7.22. The molecule has 7 heteroatoms. The van der Waals surface area contributed by atoms with Gasteiger partial charge >= 0.3 is 0 Å². The lowest BCUT2D eigenvalue weighted by molar-refractivity contribution is 0.0985. The van der Waals surface area contributed by atoms with Crippen LogP contribution in [0.25, 0.3) is 10.2 Å². The zero-order valence-corrected chi connectivity index (χ0v) is 19.7. The summed E-state index contributed by atoms with van der Waals surface area (Å²) in [6.07, 6.45) is 5.05. The Morgan fingerprint density at radius 1 is 1.03 bits per heavy atom. The molecule has 0 N–H and O–H groups in total. The first-order valence-electron chi connectivity index (χ1n) is 11.1. The summed E-state index contributed by atoms with van der Waals surface area (Å²) in [5.41, 5.74) is 2.16. The number of amides is 1. The van der Waals surface area contributed by atoms with Crippen molar-refractivity contribution in [3.05, 3.63) is 78.1 Å². The average Bonchev–Trinajstić information content (AvgIpc) is 3.29. The quantitative estimate of drug-likeness (QED) is 0.266. The lowest BCUT2D eigenvalue weighted by Crippen LogP contribution is -2.30. The molecule has 4 rings (SSSR count). The number of hydrogen-bond acceptors (Lipinski definition) is 6. The molecule has 33 heavy (non-hydrogen) atoms. The largest absolute Gasteiger partial charge is 0.497 e. The molecule has 1 amide bonds. The monoisotopic (exact) mass is 461 g/mol. The summed E-state index contributed by atoms with van der Waals surface area (Å²) >= 11 is 1.47. The summed E-state index contributed by atoms with van der Waals surface area (Å²) in [5, 5.41) is 0.619. The average molecular weight is 462 g/mol. The maximum absolute atomic E-state index is 13.6. The Kier molecular flexibility index (Phi) is 7.52. The minimum Gasteiger partial charge on any atom is -0.497 e. The van der Waals surface area contributed by atoms with Crippen LogP contribution in [0.2, 0.25) is 0 Å². The van der Waals surface area contributed by atoms with Crippen LogP contribution in [0.1, 0.15) is 42.2 Å². The van der Waals surface area contributed by atoms with Crippen LogP contribution in [0.3, 0.4) is 0 Å². The summed E-state index contributed by atoms with van der Waals surface area (Å²) in [6, 6.07) is 18.7. The molecule has 0 fully saturated rings. The van der Waals surface area contributed by atoms with Gasteiger partial charge in [0.2, 0.25) is 0 Å². The van der Waals surface area contributed by atoms with Gasteiger partial charge in [0.15, 0.2) is 5.13 Å². The first-order valence-corrected chi connectivity index (χ1v) is 11.9. The van der Waals surface area contributed by atoms with E-state index < -0.39 is 0 Å². The van der Waals surface area contributed by atoms with E-state index in [2.05, 4.69) is 11.9 Å². The second kappa shape index (κ2) is 10.9. The lowest BCUT2D eigenvalue weighted by atomic mass is 10.2. The van der Waals surface area contributed by atoms with E-state index in [0.29, 0.717) is 23.8 Å². The fourth-order valence-corrected chi connectivity index (χ4v) is 4.35. The van der Waals surface area contributed by atoms with Crippen LogP contribution in [0.4, 0.5) is 5.13 Å². The molecule has 0 aliphatic heterocycles. The van der Waals surface area contributed by atoms with E-state index in [-0.39, 0.29) is 5.91 Å². The molecule has 0 atom stereocenters. The number of anilines is 1. The van der Waals surface area contributed by atoms with Gasteiger partial charge in [-0.05, 0) is 55.0 Å². The van der Waals surface area contributed by atoms with E-state index in [0.717, 1.165) is 46.7 Å². The summed E-state index contributed by atoms with van der Waals surface area (Å²) in [7, 11) is 1.63. The minimum atomic E-state index is -0.135. The van der Waals surface area contributed by atoms with Crippen molar-refractivity contribution in [2.75, 3.05) is 18.6 Å². The summed E-state index contributed by atoms with van der Waals surface area (Å²) in [5.74, 6) is 1.37. The van der Waals surface area contributed by atoms with Crippen LogP contribution < -0.4 is 14.4 Å². The van der Waals surface area contributed by atoms with Crippen molar-refractivity contribution >= 4 is 32.6 Å². The van der Waals surface area contributed by atoms with Gasteiger partial charge in [0.25, 0.3) is 5.91 Å². The first kappa shape index (κ1) is 22.7. The number of carbonyl (C=O) groups is 1. The molecule has 2 heterocycles. The van der Waals surface area contributed by atoms with Gasteiger partial charge in [-0.2, -0.15) is 0 Å². The van der Waals surface area contributed by atoms with Gasteiger partial charge in [0.05, 0.1) is 36.2 Å². The zero-order valence-electron chi connectivity index (χ0n) is 18.9. The second-order valence-electron chi connectivity index (χ2n) is 7.62. The highest BCUT2D eigenvalue weighted by Crippen LogP contribution is 2.32. The number of benzene rings is 2. The standard InChI is InChI=1S/C26H27N3O3S/c1-3-4-7-16-32-21-11-9-19(10-12-21)25(30)29(18-20-8-5-6-15-27-20)26-28-23-17-22(31-2)13-14-24(23)33-26/h5-6,8-15,17H,3-4,7,16,18H2,1-2H3. The topological polar surface area (TPSA) is 64.5 Å². The van der Waals surface area contributed by atoms with E-state index in [1.165, 1.54) is 11.3 Å².